The Morgan fingerprint density at radius 1 is 1.16 bits per heavy atom. The smallest absolute Gasteiger partial charge is 0.152 e. The number of nitrogen functional groups attached to an aromatic ring is 1. The molecule has 1 aromatic carbocycles. The molecule has 4 heterocycles. The number of aryl methyl sites for hydroxylation is 2. The lowest BCUT2D eigenvalue weighted by molar-refractivity contribution is 0.410. The van der Waals surface area contributed by atoms with Crippen LogP contribution in [0.15, 0.2) is 42.9 Å². The molecule has 2 N–H and O–H groups in total. The van der Waals surface area contributed by atoms with Gasteiger partial charge in [-0.25, -0.2) is 9.50 Å². The van der Waals surface area contributed by atoms with Gasteiger partial charge in [-0.05, 0) is 30.7 Å². The van der Waals surface area contributed by atoms with Crippen LogP contribution in [-0.4, -0.2) is 41.7 Å². The second-order valence-electron chi connectivity index (χ2n) is 7.14. The van der Waals surface area contributed by atoms with E-state index in [4.69, 9.17) is 10.5 Å². The van der Waals surface area contributed by atoms with Crippen LogP contribution in [0.4, 0.5) is 5.82 Å². The van der Waals surface area contributed by atoms with E-state index >= 15 is 0 Å². The van der Waals surface area contributed by atoms with E-state index in [0.29, 0.717) is 12.2 Å². The molecule has 156 valence electrons. The molecule has 0 aliphatic carbocycles. The minimum atomic E-state index is 0.402. The molecule has 0 bridgehead atoms. The monoisotopic (exact) mass is 432 g/mol. The van der Waals surface area contributed by atoms with Crippen LogP contribution in [0.3, 0.4) is 0 Å². The first-order valence-electron chi connectivity index (χ1n) is 9.62. The van der Waals surface area contributed by atoms with E-state index < -0.39 is 0 Å². The van der Waals surface area contributed by atoms with Crippen LogP contribution in [-0.2, 0) is 13.5 Å². The summed E-state index contributed by atoms with van der Waals surface area (Å²) >= 11 is 1.59. The summed E-state index contributed by atoms with van der Waals surface area (Å²) in [6.07, 6.45) is 4.01. The average molecular weight is 433 g/mol. The van der Waals surface area contributed by atoms with Crippen molar-refractivity contribution in [1.82, 2.24) is 34.6 Å². The third kappa shape index (κ3) is 3.40. The number of aromatic nitrogens is 7. The second kappa shape index (κ2) is 7.47. The molecule has 0 atom stereocenters. The van der Waals surface area contributed by atoms with Crippen LogP contribution >= 0.6 is 11.3 Å². The highest BCUT2D eigenvalue weighted by Gasteiger charge is 2.19. The maximum absolute atomic E-state index is 6.25. The molecule has 0 aliphatic rings. The molecule has 9 nitrogen and oxygen atoms in total. The lowest BCUT2D eigenvalue weighted by atomic mass is 10.0. The van der Waals surface area contributed by atoms with Crippen LogP contribution in [0.5, 0.6) is 5.75 Å². The summed E-state index contributed by atoms with van der Waals surface area (Å²) in [6.45, 7) is 1.95. The highest BCUT2D eigenvalue weighted by atomic mass is 32.1. The third-order valence-electron chi connectivity index (χ3n) is 5.07. The summed E-state index contributed by atoms with van der Waals surface area (Å²) < 4.78 is 9.23. The number of methoxy groups -OCH3 is 1. The van der Waals surface area contributed by atoms with Gasteiger partial charge in [0.1, 0.15) is 33.3 Å². The van der Waals surface area contributed by atoms with Crippen LogP contribution in [0.2, 0.25) is 0 Å². The van der Waals surface area contributed by atoms with Crippen molar-refractivity contribution in [1.29, 1.82) is 0 Å². The van der Waals surface area contributed by atoms with Crippen LogP contribution in [0.1, 0.15) is 15.6 Å². The number of benzene rings is 1. The van der Waals surface area contributed by atoms with E-state index in [2.05, 4.69) is 37.5 Å². The van der Waals surface area contributed by atoms with E-state index in [1.165, 1.54) is 6.33 Å². The molecule has 4 aromatic heterocycles. The maximum Gasteiger partial charge on any atom is 0.152 e. The SMILES string of the molecule is COc1cc(-c2cc(-c3ccn(C)n3)n3ncnc(N)c23)ccc1Cc1nnc(C)s1. The number of rotatable bonds is 5. The summed E-state index contributed by atoms with van der Waals surface area (Å²) in [5, 5.41) is 19.2. The zero-order chi connectivity index (χ0) is 21.5. The number of fused-ring (bicyclic) bond motifs is 1. The molecule has 10 heteroatoms. The van der Waals surface area contributed by atoms with Crippen molar-refractivity contribution >= 4 is 22.7 Å². The van der Waals surface area contributed by atoms with E-state index in [-0.39, 0.29) is 0 Å². The minimum Gasteiger partial charge on any atom is -0.496 e. The Hall–Kier alpha value is -3.79. The fourth-order valence-corrected chi connectivity index (χ4v) is 4.38. The van der Waals surface area contributed by atoms with Gasteiger partial charge in [-0.2, -0.15) is 10.2 Å². The summed E-state index contributed by atoms with van der Waals surface area (Å²) in [4.78, 5) is 4.20. The fourth-order valence-electron chi connectivity index (χ4n) is 3.65. The summed E-state index contributed by atoms with van der Waals surface area (Å²) in [7, 11) is 3.55. The van der Waals surface area contributed by atoms with Crippen LogP contribution < -0.4 is 10.5 Å². The molecule has 5 aromatic rings. The Morgan fingerprint density at radius 2 is 2.03 bits per heavy atom. The lowest BCUT2D eigenvalue weighted by Gasteiger charge is -2.10. The first-order valence-corrected chi connectivity index (χ1v) is 10.4. The summed E-state index contributed by atoms with van der Waals surface area (Å²) in [6, 6.07) is 10.1. The third-order valence-corrected chi connectivity index (χ3v) is 5.91. The standard InChI is InChI=1S/C21H20N8OS/c1-12-25-26-19(31-12)9-14-5-4-13(8-18(14)30-3)15-10-17(16-6-7-28(2)27-16)29-20(15)21(22)23-11-24-29/h4-8,10-11H,9H2,1-3H3,(H2,22,23,24). The predicted octanol–water partition coefficient (Wildman–Crippen LogP) is 3.14. The second-order valence-corrected chi connectivity index (χ2v) is 8.41. The van der Waals surface area contributed by atoms with Crippen molar-refractivity contribution < 1.29 is 4.74 Å². The van der Waals surface area contributed by atoms with Gasteiger partial charge in [0.2, 0.25) is 0 Å². The molecule has 0 radical (unpaired) electrons. The topological polar surface area (TPSA) is 109 Å². The van der Waals surface area contributed by atoms with Gasteiger partial charge < -0.3 is 10.5 Å². The normalized spacial score (nSPS) is 11.3. The zero-order valence-electron chi connectivity index (χ0n) is 17.3. The van der Waals surface area contributed by atoms with Gasteiger partial charge in [0.25, 0.3) is 0 Å². The molecule has 0 unspecified atom stereocenters. The van der Waals surface area contributed by atoms with Gasteiger partial charge in [0, 0.05) is 30.8 Å². The van der Waals surface area contributed by atoms with Crippen molar-refractivity contribution in [3.05, 3.63) is 58.4 Å². The van der Waals surface area contributed by atoms with Crippen molar-refractivity contribution in [3.63, 3.8) is 0 Å². The fraction of sp³-hybridized carbons (Fsp3) is 0.190. The largest absolute Gasteiger partial charge is 0.496 e. The van der Waals surface area contributed by atoms with Crippen molar-refractivity contribution in [3.8, 4) is 28.3 Å². The molecule has 5 rings (SSSR count). The van der Waals surface area contributed by atoms with E-state index in [1.54, 1.807) is 27.6 Å². The Kier molecular flexibility index (Phi) is 4.63. The highest BCUT2D eigenvalue weighted by molar-refractivity contribution is 7.11. The molecular formula is C21H20N8OS. The zero-order valence-corrected chi connectivity index (χ0v) is 18.1. The molecular weight excluding hydrogens is 412 g/mol. The summed E-state index contributed by atoms with van der Waals surface area (Å²) in [5.41, 5.74) is 11.5. The molecule has 0 amide bonds. The van der Waals surface area contributed by atoms with Crippen LogP contribution in [0.25, 0.3) is 28.0 Å². The number of hydrogen-bond donors (Lipinski definition) is 1. The Balaban J connectivity index is 1.63. The Morgan fingerprint density at radius 3 is 2.74 bits per heavy atom. The molecule has 0 saturated carbocycles. The van der Waals surface area contributed by atoms with Crippen molar-refractivity contribution in [2.45, 2.75) is 13.3 Å². The van der Waals surface area contributed by atoms with Crippen LogP contribution in [0, 0.1) is 6.92 Å². The van der Waals surface area contributed by atoms with Gasteiger partial charge in [0.05, 0.1) is 12.8 Å². The number of nitrogens with two attached hydrogens (primary N) is 1. The van der Waals surface area contributed by atoms with Crippen molar-refractivity contribution in [2.75, 3.05) is 12.8 Å². The number of ether oxygens (including phenoxy) is 1. The Bertz CT molecular complexity index is 1400. The number of hydrogen-bond acceptors (Lipinski definition) is 8. The van der Waals surface area contributed by atoms with Crippen molar-refractivity contribution in [2.24, 2.45) is 7.05 Å². The molecule has 0 aliphatic heterocycles. The first-order chi connectivity index (χ1) is 15.0. The van der Waals surface area contributed by atoms with E-state index in [9.17, 15) is 0 Å². The minimum absolute atomic E-state index is 0.402. The first kappa shape index (κ1) is 19.2. The summed E-state index contributed by atoms with van der Waals surface area (Å²) in [5.74, 6) is 1.18. The van der Waals surface area contributed by atoms with Gasteiger partial charge in [-0.15, -0.1) is 21.5 Å². The molecule has 31 heavy (non-hydrogen) atoms. The number of anilines is 1. The van der Waals surface area contributed by atoms with Gasteiger partial charge in [0.15, 0.2) is 5.82 Å². The Labute approximate surface area is 182 Å². The van der Waals surface area contributed by atoms with Gasteiger partial charge in [-0.3, -0.25) is 4.68 Å². The lowest BCUT2D eigenvalue weighted by Crippen LogP contribution is -2.01. The molecule has 0 saturated heterocycles. The average Bonchev–Trinajstić information content (AvgIpc) is 3.47. The van der Waals surface area contributed by atoms with E-state index in [0.717, 1.165) is 49.4 Å². The van der Waals surface area contributed by atoms with Gasteiger partial charge >= 0.3 is 0 Å². The maximum atomic E-state index is 6.25. The molecule has 0 fully saturated rings. The predicted molar refractivity (Wildman–Crippen MR) is 119 cm³/mol. The quantitative estimate of drug-likeness (QED) is 0.454. The number of nitrogens with zero attached hydrogens (tertiary/aromatic N) is 7. The molecule has 0 spiro atoms. The van der Waals surface area contributed by atoms with E-state index in [1.807, 2.05) is 38.4 Å². The van der Waals surface area contributed by atoms with Gasteiger partial charge in [-0.1, -0.05) is 12.1 Å². The highest BCUT2D eigenvalue weighted by Crippen LogP contribution is 2.36.